The van der Waals surface area contributed by atoms with Gasteiger partial charge < -0.3 is 4.74 Å². The van der Waals surface area contributed by atoms with Crippen molar-refractivity contribution in [1.82, 2.24) is 4.98 Å². The predicted molar refractivity (Wildman–Crippen MR) is 52.6 cm³/mol. The van der Waals surface area contributed by atoms with Crippen LogP contribution in [0.1, 0.15) is 19.5 Å². The number of aromatic nitrogens is 1. The topological polar surface area (TPSA) is 22.1 Å². The Bertz CT molecular complexity index is 336. The molecule has 2 nitrogen and oxygen atoms in total. The third kappa shape index (κ3) is 1.81. The number of nitrogens with zero attached hydrogens (tertiary/aromatic N) is 1. The van der Waals surface area contributed by atoms with Gasteiger partial charge in [-0.15, -0.1) is 6.42 Å². The molecule has 0 saturated heterocycles. The van der Waals surface area contributed by atoms with Crippen LogP contribution in [0.3, 0.4) is 0 Å². The lowest BCUT2D eigenvalue weighted by molar-refractivity contribution is 0.399. The van der Waals surface area contributed by atoms with Crippen LogP contribution in [0.4, 0.5) is 0 Å². The third-order valence-electron chi connectivity index (χ3n) is 1.94. The first kappa shape index (κ1) is 9.60. The molecule has 0 saturated carbocycles. The van der Waals surface area contributed by atoms with Crippen LogP contribution in [-0.2, 0) is 5.41 Å². The maximum absolute atomic E-state index is 5.42. The SMILES string of the molecule is C#CC(C)(C)c1ncccc1OC. The van der Waals surface area contributed by atoms with Crippen LogP contribution in [-0.4, -0.2) is 12.1 Å². The van der Waals surface area contributed by atoms with E-state index in [1.165, 1.54) is 0 Å². The molecule has 0 aliphatic rings. The van der Waals surface area contributed by atoms with Crippen molar-refractivity contribution in [2.24, 2.45) is 0 Å². The Labute approximate surface area is 79.0 Å². The van der Waals surface area contributed by atoms with E-state index < -0.39 is 0 Å². The molecule has 0 amide bonds. The van der Waals surface area contributed by atoms with Crippen LogP contribution in [0, 0.1) is 12.3 Å². The Balaban J connectivity index is 3.22. The summed E-state index contributed by atoms with van der Waals surface area (Å²) in [7, 11) is 1.62. The minimum Gasteiger partial charge on any atom is -0.495 e. The molecule has 0 spiro atoms. The molecular formula is C11H13NO. The highest BCUT2D eigenvalue weighted by Crippen LogP contribution is 2.28. The molecule has 1 rings (SSSR count). The summed E-state index contributed by atoms with van der Waals surface area (Å²) in [4.78, 5) is 4.22. The van der Waals surface area contributed by atoms with Gasteiger partial charge in [0.05, 0.1) is 18.2 Å². The molecule has 0 aliphatic heterocycles. The minimum atomic E-state index is -0.382. The smallest absolute Gasteiger partial charge is 0.141 e. The maximum atomic E-state index is 5.42. The van der Waals surface area contributed by atoms with Gasteiger partial charge >= 0.3 is 0 Å². The molecule has 0 N–H and O–H groups in total. The fraction of sp³-hybridized carbons (Fsp3) is 0.364. The molecule has 0 aromatic carbocycles. The number of methoxy groups -OCH3 is 1. The van der Waals surface area contributed by atoms with Crippen molar-refractivity contribution >= 4 is 0 Å². The first-order chi connectivity index (χ1) is 6.11. The number of hydrogen-bond donors (Lipinski definition) is 0. The van der Waals surface area contributed by atoms with E-state index in [0.717, 1.165) is 11.4 Å². The van der Waals surface area contributed by atoms with E-state index >= 15 is 0 Å². The van der Waals surface area contributed by atoms with E-state index in [1.807, 2.05) is 26.0 Å². The second-order valence-electron chi connectivity index (χ2n) is 3.32. The molecule has 0 bridgehead atoms. The second-order valence-corrected chi connectivity index (χ2v) is 3.32. The molecule has 1 heterocycles. The van der Waals surface area contributed by atoms with Crippen LogP contribution in [0.2, 0.25) is 0 Å². The predicted octanol–water partition coefficient (Wildman–Crippen LogP) is 2.00. The van der Waals surface area contributed by atoms with Crippen molar-refractivity contribution in [3.05, 3.63) is 24.0 Å². The Morgan fingerprint density at radius 3 is 2.77 bits per heavy atom. The molecule has 0 radical (unpaired) electrons. The van der Waals surface area contributed by atoms with Gasteiger partial charge in [-0.1, -0.05) is 5.92 Å². The van der Waals surface area contributed by atoms with Crippen LogP contribution >= 0.6 is 0 Å². The van der Waals surface area contributed by atoms with Gasteiger partial charge in [0.1, 0.15) is 5.75 Å². The third-order valence-corrected chi connectivity index (χ3v) is 1.94. The summed E-state index contributed by atoms with van der Waals surface area (Å²) >= 11 is 0. The van der Waals surface area contributed by atoms with Crippen LogP contribution in [0.15, 0.2) is 18.3 Å². The Kier molecular flexibility index (Phi) is 2.57. The average molecular weight is 175 g/mol. The average Bonchev–Trinajstić information content (AvgIpc) is 2.18. The Hall–Kier alpha value is -1.49. The standard InChI is InChI=1S/C11H13NO/c1-5-11(2,3)10-9(13-4)7-6-8-12-10/h1,6-8H,2-4H3. The number of terminal acetylenes is 1. The normalized spacial score (nSPS) is 10.6. The van der Waals surface area contributed by atoms with E-state index in [2.05, 4.69) is 10.9 Å². The quantitative estimate of drug-likeness (QED) is 0.641. The van der Waals surface area contributed by atoms with Gasteiger partial charge in [-0.3, -0.25) is 4.98 Å². The van der Waals surface area contributed by atoms with Gasteiger partial charge in [0.15, 0.2) is 0 Å². The molecule has 1 aromatic heterocycles. The lowest BCUT2D eigenvalue weighted by atomic mass is 9.89. The highest BCUT2D eigenvalue weighted by atomic mass is 16.5. The summed E-state index contributed by atoms with van der Waals surface area (Å²) in [5.74, 6) is 3.43. The maximum Gasteiger partial charge on any atom is 0.141 e. The molecule has 0 fully saturated rings. The van der Waals surface area contributed by atoms with E-state index in [0.29, 0.717) is 0 Å². The van der Waals surface area contributed by atoms with Crippen LogP contribution < -0.4 is 4.74 Å². The zero-order chi connectivity index (χ0) is 9.90. The Morgan fingerprint density at radius 2 is 2.23 bits per heavy atom. The van der Waals surface area contributed by atoms with Crippen molar-refractivity contribution < 1.29 is 4.74 Å². The molecule has 1 aromatic rings. The van der Waals surface area contributed by atoms with Crippen molar-refractivity contribution in [3.63, 3.8) is 0 Å². The van der Waals surface area contributed by atoms with Gasteiger partial charge in [-0.2, -0.15) is 0 Å². The number of hydrogen-bond acceptors (Lipinski definition) is 2. The van der Waals surface area contributed by atoms with Crippen molar-refractivity contribution in [2.45, 2.75) is 19.3 Å². The highest BCUT2D eigenvalue weighted by molar-refractivity contribution is 5.37. The van der Waals surface area contributed by atoms with E-state index in [4.69, 9.17) is 11.2 Å². The van der Waals surface area contributed by atoms with Gasteiger partial charge in [-0.25, -0.2) is 0 Å². The fourth-order valence-corrected chi connectivity index (χ4v) is 1.09. The first-order valence-corrected chi connectivity index (χ1v) is 4.09. The second kappa shape index (κ2) is 3.49. The van der Waals surface area contributed by atoms with Crippen molar-refractivity contribution in [1.29, 1.82) is 0 Å². The van der Waals surface area contributed by atoms with Crippen molar-refractivity contribution in [3.8, 4) is 18.1 Å². The summed E-state index contributed by atoms with van der Waals surface area (Å²) in [5.41, 5.74) is 0.423. The van der Waals surface area contributed by atoms with E-state index in [1.54, 1.807) is 13.3 Å². The summed E-state index contributed by atoms with van der Waals surface area (Å²) in [6, 6.07) is 3.69. The lowest BCUT2D eigenvalue weighted by Crippen LogP contribution is -2.17. The van der Waals surface area contributed by atoms with Crippen LogP contribution in [0.5, 0.6) is 5.75 Å². The monoisotopic (exact) mass is 175 g/mol. The number of ether oxygens (including phenoxy) is 1. The summed E-state index contributed by atoms with van der Waals surface area (Å²) in [5, 5.41) is 0. The van der Waals surface area contributed by atoms with Gasteiger partial charge in [0, 0.05) is 6.20 Å². The summed E-state index contributed by atoms with van der Waals surface area (Å²) in [6.07, 6.45) is 7.14. The Morgan fingerprint density at radius 1 is 1.54 bits per heavy atom. The number of pyridine rings is 1. The first-order valence-electron chi connectivity index (χ1n) is 4.09. The molecule has 2 heteroatoms. The zero-order valence-corrected chi connectivity index (χ0v) is 8.16. The number of rotatable bonds is 2. The summed E-state index contributed by atoms with van der Waals surface area (Å²) in [6.45, 7) is 3.88. The fourth-order valence-electron chi connectivity index (χ4n) is 1.09. The minimum absolute atomic E-state index is 0.382. The molecule has 0 atom stereocenters. The van der Waals surface area contributed by atoms with E-state index in [9.17, 15) is 0 Å². The van der Waals surface area contributed by atoms with E-state index in [-0.39, 0.29) is 5.41 Å². The molecule has 0 aliphatic carbocycles. The molecule has 0 unspecified atom stereocenters. The largest absolute Gasteiger partial charge is 0.495 e. The van der Waals surface area contributed by atoms with Crippen LogP contribution in [0.25, 0.3) is 0 Å². The van der Waals surface area contributed by atoms with Gasteiger partial charge in [0.2, 0.25) is 0 Å². The zero-order valence-electron chi connectivity index (χ0n) is 8.16. The van der Waals surface area contributed by atoms with Crippen molar-refractivity contribution in [2.75, 3.05) is 7.11 Å². The van der Waals surface area contributed by atoms with Gasteiger partial charge in [0.25, 0.3) is 0 Å². The van der Waals surface area contributed by atoms with Gasteiger partial charge in [-0.05, 0) is 26.0 Å². The molecule has 68 valence electrons. The lowest BCUT2D eigenvalue weighted by Gasteiger charge is -2.18. The molecule has 13 heavy (non-hydrogen) atoms. The molecular weight excluding hydrogens is 162 g/mol. The highest BCUT2D eigenvalue weighted by Gasteiger charge is 2.22. The summed E-state index contributed by atoms with van der Waals surface area (Å²) < 4.78 is 5.18.